The minimum absolute atomic E-state index is 0.0423. The van der Waals surface area contributed by atoms with Gasteiger partial charge in [0.05, 0.1) is 21.8 Å². The molecule has 8 heteroatoms. The first-order chi connectivity index (χ1) is 9.61. The van der Waals surface area contributed by atoms with Gasteiger partial charge in [0.1, 0.15) is 0 Å². The Kier molecular flexibility index (Phi) is 5.04. The summed E-state index contributed by atoms with van der Waals surface area (Å²) in [6.07, 6.45) is 0. The first kappa shape index (κ1) is 17.1. The van der Waals surface area contributed by atoms with E-state index < -0.39 is 20.9 Å². The number of nitriles is 1. The van der Waals surface area contributed by atoms with Crippen molar-refractivity contribution < 1.29 is 13.3 Å². The number of nitrogens with one attached hydrogen (secondary N) is 1. The Hall–Kier alpha value is -1.98. The summed E-state index contributed by atoms with van der Waals surface area (Å²) >= 11 is 0. The van der Waals surface area contributed by atoms with Gasteiger partial charge in [-0.2, -0.15) is 5.26 Å². The maximum absolute atomic E-state index is 12.3. The van der Waals surface area contributed by atoms with Crippen molar-refractivity contribution in [1.29, 1.82) is 5.26 Å². The van der Waals surface area contributed by atoms with Crippen LogP contribution in [0.15, 0.2) is 11.0 Å². The molecule has 0 fully saturated rings. The second-order valence-electron chi connectivity index (χ2n) is 4.95. The molecule has 1 unspecified atom stereocenters. The molecule has 0 spiro atoms. The molecule has 1 aromatic carbocycles. The van der Waals surface area contributed by atoms with Crippen LogP contribution in [0.25, 0.3) is 0 Å². The SMILES string of the molecule is Cc1cc(C)c(S(=O)(=O)NCC(C)C#N)c(C)c1[N+](=O)[O-]. The fourth-order valence-corrected chi connectivity index (χ4v) is 3.80. The van der Waals surface area contributed by atoms with Crippen molar-refractivity contribution in [2.75, 3.05) is 6.54 Å². The Morgan fingerprint density at radius 1 is 1.38 bits per heavy atom. The first-order valence-corrected chi connectivity index (χ1v) is 7.74. The third-order valence-electron chi connectivity index (χ3n) is 3.11. The second kappa shape index (κ2) is 6.20. The number of sulfonamides is 1. The van der Waals surface area contributed by atoms with E-state index in [0.717, 1.165) is 0 Å². The lowest BCUT2D eigenvalue weighted by Crippen LogP contribution is -2.29. The van der Waals surface area contributed by atoms with Crippen LogP contribution in [0.5, 0.6) is 0 Å². The molecule has 0 heterocycles. The van der Waals surface area contributed by atoms with E-state index in [1.807, 2.05) is 6.07 Å². The summed E-state index contributed by atoms with van der Waals surface area (Å²) in [5.41, 5.74) is 0.760. The third kappa shape index (κ3) is 3.56. The van der Waals surface area contributed by atoms with Crippen LogP contribution in [-0.4, -0.2) is 19.9 Å². The van der Waals surface area contributed by atoms with Gasteiger partial charge in [0.15, 0.2) is 0 Å². The van der Waals surface area contributed by atoms with E-state index in [9.17, 15) is 18.5 Å². The highest BCUT2D eigenvalue weighted by molar-refractivity contribution is 7.89. The van der Waals surface area contributed by atoms with Crippen molar-refractivity contribution in [2.45, 2.75) is 32.6 Å². The van der Waals surface area contributed by atoms with Crippen LogP contribution >= 0.6 is 0 Å². The molecule has 0 saturated carbocycles. The zero-order valence-electron chi connectivity index (χ0n) is 12.3. The molecule has 21 heavy (non-hydrogen) atoms. The highest BCUT2D eigenvalue weighted by atomic mass is 32.2. The van der Waals surface area contributed by atoms with Crippen LogP contribution in [0.1, 0.15) is 23.6 Å². The van der Waals surface area contributed by atoms with E-state index >= 15 is 0 Å². The van der Waals surface area contributed by atoms with Crippen molar-refractivity contribution in [3.63, 3.8) is 0 Å². The van der Waals surface area contributed by atoms with E-state index in [1.54, 1.807) is 20.8 Å². The Labute approximate surface area is 123 Å². The molecule has 0 radical (unpaired) electrons. The minimum atomic E-state index is -3.91. The van der Waals surface area contributed by atoms with Crippen LogP contribution < -0.4 is 4.72 Å². The molecule has 0 aliphatic heterocycles. The Bertz CT molecular complexity index is 720. The van der Waals surface area contributed by atoms with Crippen molar-refractivity contribution in [2.24, 2.45) is 5.92 Å². The average molecular weight is 311 g/mol. The smallest absolute Gasteiger partial charge is 0.258 e. The van der Waals surface area contributed by atoms with Crippen LogP contribution in [0.3, 0.4) is 0 Å². The summed E-state index contributed by atoms with van der Waals surface area (Å²) in [6.45, 7) is 6.12. The number of aryl methyl sites for hydroxylation is 2. The van der Waals surface area contributed by atoms with Gasteiger partial charge in [0.25, 0.3) is 5.69 Å². The highest BCUT2D eigenvalue weighted by Gasteiger charge is 2.27. The number of nitro groups is 1. The zero-order valence-corrected chi connectivity index (χ0v) is 13.1. The van der Waals surface area contributed by atoms with Crippen molar-refractivity contribution in [3.8, 4) is 6.07 Å². The molecule has 0 aliphatic carbocycles. The van der Waals surface area contributed by atoms with Crippen molar-refractivity contribution in [1.82, 2.24) is 4.72 Å². The third-order valence-corrected chi connectivity index (χ3v) is 4.82. The van der Waals surface area contributed by atoms with E-state index in [2.05, 4.69) is 4.72 Å². The maximum atomic E-state index is 12.3. The van der Waals surface area contributed by atoms with E-state index in [-0.39, 0.29) is 22.7 Å². The standard InChI is InChI=1S/C13H17N3O4S/c1-8(6-14)7-15-21(19,20)13-10(3)5-9(2)12(11(13)4)16(17)18/h5,8,15H,7H2,1-4H3. The van der Waals surface area contributed by atoms with E-state index in [1.165, 1.54) is 13.0 Å². The number of benzene rings is 1. The Balaban J connectivity index is 3.40. The summed E-state index contributed by atoms with van der Waals surface area (Å²) in [7, 11) is -3.91. The van der Waals surface area contributed by atoms with Gasteiger partial charge >= 0.3 is 0 Å². The molecule has 0 bridgehead atoms. The molecule has 114 valence electrons. The monoisotopic (exact) mass is 311 g/mol. The number of nitrogens with zero attached hydrogens (tertiary/aromatic N) is 2. The molecule has 1 atom stereocenters. The number of hydrogen-bond acceptors (Lipinski definition) is 5. The minimum Gasteiger partial charge on any atom is -0.258 e. The molecule has 0 aromatic heterocycles. The van der Waals surface area contributed by atoms with Gasteiger partial charge < -0.3 is 0 Å². The fourth-order valence-electron chi connectivity index (χ4n) is 2.20. The lowest BCUT2D eigenvalue weighted by atomic mass is 10.1. The maximum Gasteiger partial charge on any atom is 0.276 e. The van der Waals surface area contributed by atoms with Crippen molar-refractivity contribution >= 4 is 15.7 Å². The van der Waals surface area contributed by atoms with E-state index in [4.69, 9.17) is 5.26 Å². The van der Waals surface area contributed by atoms with Gasteiger partial charge in [-0.05, 0) is 39.3 Å². The summed E-state index contributed by atoms with van der Waals surface area (Å²) in [5.74, 6) is -0.485. The van der Waals surface area contributed by atoms with Gasteiger partial charge in [0, 0.05) is 17.7 Å². The van der Waals surface area contributed by atoms with Gasteiger partial charge in [-0.3, -0.25) is 10.1 Å². The van der Waals surface area contributed by atoms with Crippen LogP contribution in [-0.2, 0) is 10.0 Å². The predicted octanol–water partition coefficient (Wildman–Crippen LogP) is 1.96. The summed E-state index contributed by atoms with van der Waals surface area (Å²) < 4.78 is 27.0. The molecule has 7 nitrogen and oxygen atoms in total. The molecule has 0 amide bonds. The molecular weight excluding hydrogens is 294 g/mol. The second-order valence-corrected chi connectivity index (χ2v) is 6.66. The molecule has 1 aromatic rings. The number of nitro benzene ring substituents is 1. The molecule has 1 rings (SSSR count). The van der Waals surface area contributed by atoms with E-state index in [0.29, 0.717) is 11.1 Å². The number of hydrogen-bond donors (Lipinski definition) is 1. The van der Waals surface area contributed by atoms with Gasteiger partial charge in [-0.25, -0.2) is 13.1 Å². The lowest BCUT2D eigenvalue weighted by Gasteiger charge is -2.14. The van der Waals surface area contributed by atoms with Crippen molar-refractivity contribution in [3.05, 3.63) is 32.9 Å². The molecule has 1 N–H and O–H groups in total. The molecule has 0 saturated heterocycles. The predicted molar refractivity (Wildman–Crippen MR) is 77.3 cm³/mol. The highest BCUT2D eigenvalue weighted by Crippen LogP contribution is 2.31. The lowest BCUT2D eigenvalue weighted by molar-refractivity contribution is -0.386. The molecular formula is C13H17N3O4S. The van der Waals surface area contributed by atoms with Gasteiger partial charge in [-0.15, -0.1) is 0 Å². The zero-order chi connectivity index (χ0) is 16.4. The first-order valence-electron chi connectivity index (χ1n) is 6.26. The summed E-state index contributed by atoms with van der Waals surface area (Å²) in [5, 5.41) is 19.8. The fraction of sp³-hybridized carbons (Fsp3) is 0.462. The van der Waals surface area contributed by atoms with Crippen LogP contribution in [0.2, 0.25) is 0 Å². The normalized spacial score (nSPS) is 12.7. The average Bonchev–Trinajstić information content (AvgIpc) is 2.34. The largest absolute Gasteiger partial charge is 0.276 e. The summed E-state index contributed by atoms with van der Waals surface area (Å²) in [6, 6.07) is 3.40. The molecule has 0 aliphatic rings. The Morgan fingerprint density at radius 3 is 2.43 bits per heavy atom. The van der Waals surface area contributed by atoms with Crippen LogP contribution in [0, 0.1) is 48.1 Å². The topological polar surface area (TPSA) is 113 Å². The number of rotatable bonds is 5. The Morgan fingerprint density at radius 2 is 1.95 bits per heavy atom. The van der Waals surface area contributed by atoms with Gasteiger partial charge in [-0.1, -0.05) is 0 Å². The summed E-state index contributed by atoms with van der Waals surface area (Å²) in [4.78, 5) is 10.4. The van der Waals surface area contributed by atoms with Crippen LogP contribution in [0.4, 0.5) is 5.69 Å². The van der Waals surface area contributed by atoms with Gasteiger partial charge in [0.2, 0.25) is 10.0 Å². The quantitative estimate of drug-likeness (QED) is 0.659.